The predicted molar refractivity (Wildman–Crippen MR) is 74.5 cm³/mol. The van der Waals surface area contributed by atoms with Crippen LogP contribution in [0.3, 0.4) is 0 Å². The summed E-state index contributed by atoms with van der Waals surface area (Å²) < 4.78 is 5.94. The van der Waals surface area contributed by atoms with E-state index >= 15 is 0 Å². The summed E-state index contributed by atoms with van der Waals surface area (Å²) in [4.78, 5) is 0. The van der Waals surface area contributed by atoms with Crippen molar-refractivity contribution in [2.24, 2.45) is 5.73 Å². The van der Waals surface area contributed by atoms with E-state index in [1.54, 1.807) is 0 Å². The topological polar surface area (TPSA) is 35.2 Å². The number of hydrogen-bond acceptors (Lipinski definition) is 2. The van der Waals surface area contributed by atoms with Crippen molar-refractivity contribution in [2.75, 3.05) is 0 Å². The summed E-state index contributed by atoms with van der Waals surface area (Å²) in [6.07, 6.45) is 0.0366. The highest BCUT2D eigenvalue weighted by atomic mass is 16.5. The Labute approximate surface area is 108 Å². The lowest BCUT2D eigenvalue weighted by molar-refractivity contribution is 0.226. The molecule has 2 N–H and O–H groups in total. The molecule has 0 saturated heterocycles. The van der Waals surface area contributed by atoms with Gasteiger partial charge in [0.25, 0.3) is 0 Å². The highest BCUT2D eigenvalue weighted by Crippen LogP contribution is 2.23. The molecule has 2 aromatic rings. The van der Waals surface area contributed by atoms with Gasteiger partial charge >= 0.3 is 0 Å². The molecule has 94 valence electrons. The Hall–Kier alpha value is -1.80. The fourth-order valence-corrected chi connectivity index (χ4v) is 1.87. The average molecular weight is 241 g/mol. The van der Waals surface area contributed by atoms with Crippen LogP contribution in [0.2, 0.25) is 0 Å². The van der Waals surface area contributed by atoms with Gasteiger partial charge in [0.15, 0.2) is 0 Å². The second kappa shape index (κ2) is 5.69. The minimum absolute atomic E-state index is 0.0283. The van der Waals surface area contributed by atoms with Crippen molar-refractivity contribution >= 4 is 0 Å². The third-order valence-electron chi connectivity index (χ3n) is 2.97. The molecule has 2 rings (SSSR count). The maximum Gasteiger partial charge on any atom is 0.121 e. The van der Waals surface area contributed by atoms with Crippen molar-refractivity contribution in [1.29, 1.82) is 0 Å². The highest BCUT2D eigenvalue weighted by molar-refractivity contribution is 5.31. The van der Waals surface area contributed by atoms with E-state index in [0.717, 1.165) is 11.3 Å². The fraction of sp³-hybridized carbons (Fsp3) is 0.250. The summed E-state index contributed by atoms with van der Waals surface area (Å²) in [7, 11) is 0. The van der Waals surface area contributed by atoms with Gasteiger partial charge in [-0.25, -0.2) is 0 Å². The molecular formula is C16H19NO. The molecule has 2 unspecified atom stereocenters. The lowest BCUT2D eigenvalue weighted by Crippen LogP contribution is -2.06. The van der Waals surface area contributed by atoms with Crippen molar-refractivity contribution in [2.45, 2.75) is 26.0 Å². The second-order valence-corrected chi connectivity index (χ2v) is 4.53. The highest BCUT2D eigenvalue weighted by Gasteiger charge is 2.07. The van der Waals surface area contributed by atoms with Crippen LogP contribution < -0.4 is 10.5 Å². The fourth-order valence-electron chi connectivity index (χ4n) is 1.87. The summed E-state index contributed by atoms with van der Waals surface area (Å²) in [5.41, 5.74) is 8.13. The van der Waals surface area contributed by atoms with Crippen LogP contribution in [-0.4, -0.2) is 0 Å². The SMILES string of the molecule is CC(N)c1cccc(OC(C)c2ccccc2)c1. The minimum Gasteiger partial charge on any atom is -0.486 e. The molecule has 2 aromatic carbocycles. The molecule has 0 aliphatic carbocycles. The van der Waals surface area contributed by atoms with Gasteiger partial charge in [0, 0.05) is 6.04 Å². The average Bonchev–Trinajstić information content (AvgIpc) is 2.40. The first-order valence-electron chi connectivity index (χ1n) is 6.24. The summed E-state index contributed by atoms with van der Waals surface area (Å²) in [6, 6.07) is 18.2. The first kappa shape index (κ1) is 12.7. The maximum absolute atomic E-state index is 5.94. The molecular weight excluding hydrogens is 222 g/mol. The van der Waals surface area contributed by atoms with Crippen molar-refractivity contribution in [3.63, 3.8) is 0 Å². The summed E-state index contributed by atoms with van der Waals surface area (Å²) in [5.74, 6) is 0.862. The molecule has 0 spiro atoms. The molecule has 0 aromatic heterocycles. The van der Waals surface area contributed by atoms with E-state index in [4.69, 9.17) is 10.5 Å². The zero-order valence-electron chi connectivity index (χ0n) is 10.8. The van der Waals surface area contributed by atoms with Crippen LogP contribution in [0.4, 0.5) is 0 Å². The van der Waals surface area contributed by atoms with Crippen molar-refractivity contribution in [1.82, 2.24) is 0 Å². The molecule has 2 nitrogen and oxygen atoms in total. The molecule has 0 heterocycles. The Balaban J connectivity index is 2.12. The molecule has 0 radical (unpaired) electrons. The predicted octanol–water partition coefficient (Wildman–Crippen LogP) is 3.85. The zero-order chi connectivity index (χ0) is 13.0. The molecule has 2 atom stereocenters. The molecule has 0 aliphatic heterocycles. The molecule has 0 fully saturated rings. The second-order valence-electron chi connectivity index (χ2n) is 4.53. The molecule has 0 amide bonds. The van der Waals surface area contributed by atoms with Crippen LogP contribution in [-0.2, 0) is 0 Å². The third kappa shape index (κ3) is 3.11. The molecule has 0 bridgehead atoms. The Bertz CT molecular complexity index is 493. The van der Waals surface area contributed by atoms with E-state index in [0.29, 0.717) is 0 Å². The van der Waals surface area contributed by atoms with Crippen LogP contribution in [0.25, 0.3) is 0 Å². The molecule has 2 heteroatoms. The summed E-state index contributed by atoms with van der Waals surface area (Å²) in [6.45, 7) is 4.02. The van der Waals surface area contributed by atoms with E-state index in [9.17, 15) is 0 Å². The largest absolute Gasteiger partial charge is 0.486 e. The Morgan fingerprint density at radius 3 is 2.22 bits per heavy atom. The smallest absolute Gasteiger partial charge is 0.121 e. The first-order valence-corrected chi connectivity index (χ1v) is 6.24. The van der Waals surface area contributed by atoms with Gasteiger partial charge in [-0.2, -0.15) is 0 Å². The van der Waals surface area contributed by atoms with E-state index < -0.39 is 0 Å². The quantitative estimate of drug-likeness (QED) is 0.882. The summed E-state index contributed by atoms with van der Waals surface area (Å²) in [5, 5.41) is 0. The number of nitrogens with two attached hydrogens (primary N) is 1. The molecule has 18 heavy (non-hydrogen) atoms. The van der Waals surface area contributed by atoms with Gasteiger partial charge in [-0.15, -0.1) is 0 Å². The van der Waals surface area contributed by atoms with Gasteiger partial charge in [-0.1, -0.05) is 42.5 Å². The van der Waals surface area contributed by atoms with Crippen molar-refractivity contribution in [3.8, 4) is 5.75 Å². The van der Waals surface area contributed by atoms with E-state index in [-0.39, 0.29) is 12.1 Å². The normalized spacial score (nSPS) is 13.9. The standard InChI is InChI=1S/C16H19NO/c1-12(17)15-9-6-10-16(11-15)18-13(2)14-7-4-3-5-8-14/h3-13H,17H2,1-2H3. The molecule has 0 aliphatic rings. The van der Waals surface area contributed by atoms with E-state index in [1.807, 2.05) is 56.3 Å². The van der Waals surface area contributed by atoms with Crippen LogP contribution in [0.5, 0.6) is 5.75 Å². The van der Waals surface area contributed by atoms with Gasteiger partial charge in [-0.3, -0.25) is 0 Å². The Morgan fingerprint density at radius 2 is 1.56 bits per heavy atom. The zero-order valence-corrected chi connectivity index (χ0v) is 10.8. The Morgan fingerprint density at radius 1 is 0.889 bits per heavy atom. The van der Waals surface area contributed by atoms with Gasteiger partial charge in [0.1, 0.15) is 11.9 Å². The first-order chi connectivity index (χ1) is 8.66. The monoisotopic (exact) mass is 241 g/mol. The van der Waals surface area contributed by atoms with Gasteiger partial charge in [0.05, 0.1) is 0 Å². The van der Waals surface area contributed by atoms with Crippen LogP contribution in [0, 0.1) is 0 Å². The molecule has 0 saturated carbocycles. The van der Waals surface area contributed by atoms with E-state index in [1.165, 1.54) is 5.56 Å². The van der Waals surface area contributed by atoms with Crippen molar-refractivity contribution in [3.05, 3.63) is 65.7 Å². The van der Waals surface area contributed by atoms with Gasteiger partial charge in [-0.05, 0) is 37.1 Å². The van der Waals surface area contributed by atoms with E-state index in [2.05, 4.69) is 12.1 Å². The lowest BCUT2D eigenvalue weighted by Gasteiger charge is -2.16. The van der Waals surface area contributed by atoms with Crippen molar-refractivity contribution < 1.29 is 4.74 Å². The number of ether oxygens (including phenoxy) is 1. The van der Waals surface area contributed by atoms with Gasteiger partial charge in [0.2, 0.25) is 0 Å². The van der Waals surface area contributed by atoms with Crippen LogP contribution in [0.1, 0.15) is 37.1 Å². The lowest BCUT2D eigenvalue weighted by atomic mass is 10.1. The van der Waals surface area contributed by atoms with Gasteiger partial charge < -0.3 is 10.5 Å². The summed E-state index contributed by atoms with van der Waals surface area (Å²) >= 11 is 0. The minimum atomic E-state index is 0.0283. The maximum atomic E-state index is 5.94. The number of benzene rings is 2. The number of hydrogen-bond donors (Lipinski definition) is 1. The van der Waals surface area contributed by atoms with Crippen LogP contribution >= 0.6 is 0 Å². The number of rotatable bonds is 4. The third-order valence-corrected chi connectivity index (χ3v) is 2.97. The Kier molecular flexibility index (Phi) is 4.00. The van der Waals surface area contributed by atoms with Crippen LogP contribution in [0.15, 0.2) is 54.6 Å².